The van der Waals surface area contributed by atoms with Crippen LogP contribution in [0.5, 0.6) is 0 Å². The summed E-state index contributed by atoms with van der Waals surface area (Å²) in [6.45, 7) is 5.60. The summed E-state index contributed by atoms with van der Waals surface area (Å²) in [5.74, 6) is -0.646. The van der Waals surface area contributed by atoms with Crippen molar-refractivity contribution in [2.24, 2.45) is 0 Å². The molecule has 0 amide bonds. The van der Waals surface area contributed by atoms with Crippen LogP contribution in [0, 0.1) is 0 Å². The maximum atomic E-state index is 11.4. The minimum atomic E-state index is -3.37. The van der Waals surface area contributed by atoms with Crippen LogP contribution in [-0.2, 0) is 19.7 Å². The molecule has 1 aliphatic rings. The predicted octanol–water partition coefficient (Wildman–Crippen LogP) is -0.0265. The topological polar surface area (TPSA) is 76.7 Å². The van der Waals surface area contributed by atoms with Crippen molar-refractivity contribution in [3.8, 4) is 0 Å². The first-order chi connectivity index (χ1) is 7.47. The molecule has 0 atom stereocenters. The molecule has 0 aromatic carbocycles. The molecule has 0 unspecified atom stereocenters. The molecule has 2 N–H and O–H groups in total. The molecule has 96 valence electrons. The molecule has 1 heterocycles. The summed E-state index contributed by atoms with van der Waals surface area (Å²) < 4.78 is 38.3. The molecule has 0 saturated carbocycles. The molecule has 0 aliphatic carbocycles. The zero-order valence-electron chi connectivity index (χ0n) is 9.78. The monoisotopic (exact) mass is 252 g/mol. The molecule has 0 bridgehead atoms. The van der Waals surface area contributed by atoms with Crippen molar-refractivity contribution >= 4 is 10.2 Å². The second kappa shape index (κ2) is 5.92. The fourth-order valence-corrected chi connectivity index (χ4v) is 2.35. The lowest BCUT2D eigenvalue weighted by Crippen LogP contribution is -2.40. The largest absolute Gasteiger partial charge is 0.348 e. The van der Waals surface area contributed by atoms with Crippen LogP contribution in [-0.4, -0.2) is 40.5 Å². The third-order valence-corrected chi connectivity index (χ3v) is 3.48. The molecule has 0 aromatic heterocycles. The van der Waals surface area contributed by atoms with Crippen LogP contribution in [0.4, 0.5) is 0 Å². The first-order valence-corrected chi connectivity index (χ1v) is 6.98. The average molecular weight is 252 g/mol. The van der Waals surface area contributed by atoms with Crippen LogP contribution in [0.15, 0.2) is 0 Å². The van der Waals surface area contributed by atoms with Gasteiger partial charge in [0.15, 0.2) is 5.79 Å². The van der Waals surface area contributed by atoms with Gasteiger partial charge in [0.25, 0.3) is 10.2 Å². The van der Waals surface area contributed by atoms with E-state index in [1.54, 1.807) is 0 Å². The number of nitrogens with one attached hydrogen (secondary N) is 2. The highest BCUT2D eigenvalue weighted by Crippen LogP contribution is 2.21. The van der Waals surface area contributed by atoms with E-state index < -0.39 is 16.0 Å². The maximum Gasteiger partial charge on any atom is 0.276 e. The van der Waals surface area contributed by atoms with E-state index in [1.165, 1.54) is 0 Å². The summed E-state index contributed by atoms with van der Waals surface area (Å²) in [6, 6.07) is 0. The summed E-state index contributed by atoms with van der Waals surface area (Å²) in [4.78, 5) is 0. The summed E-state index contributed by atoms with van der Waals surface area (Å²) in [5, 5.41) is 0. The molecule has 0 aromatic rings. The third kappa shape index (κ3) is 4.75. The Hall–Kier alpha value is -0.210. The predicted molar refractivity (Wildman–Crippen MR) is 60.1 cm³/mol. The highest BCUT2D eigenvalue weighted by Gasteiger charge is 2.30. The van der Waals surface area contributed by atoms with E-state index in [-0.39, 0.29) is 0 Å². The SMILES string of the molecule is CCCNS(=O)(=O)NCCC1(C)OCCO1. The van der Waals surface area contributed by atoms with Gasteiger partial charge < -0.3 is 9.47 Å². The zero-order valence-corrected chi connectivity index (χ0v) is 10.6. The Bertz CT molecular complexity index is 299. The molecule has 1 rings (SSSR count). The van der Waals surface area contributed by atoms with Crippen LogP contribution in [0.3, 0.4) is 0 Å². The molecule has 1 saturated heterocycles. The van der Waals surface area contributed by atoms with E-state index in [9.17, 15) is 8.42 Å². The summed E-state index contributed by atoms with van der Waals surface area (Å²) in [7, 11) is -3.37. The number of ether oxygens (including phenoxy) is 2. The number of hydrogen-bond donors (Lipinski definition) is 2. The van der Waals surface area contributed by atoms with Crippen LogP contribution < -0.4 is 9.44 Å². The van der Waals surface area contributed by atoms with Crippen molar-refractivity contribution < 1.29 is 17.9 Å². The Morgan fingerprint density at radius 1 is 1.19 bits per heavy atom. The van der Waals surface area contributed by atoms with Crippen molar-refractivity contribution in [2.45, 2.75) is 32.5 Å². The summed E-state index contributed by atoms with van der Waals surface area (Å²) in [5.41, 5.74) is 0. The average Bonchev–Trinajstić information content (AvgIpc) is 2.62. The van der Waals surface area contributed by atoms with Gasteiger partial charge in [0.05, 0.1) is 13.2 Å². The second-order valence-electron chi connectivity index (χ2n) is 3.87. The van der Waals surface area contributed by atoms with Crippen molar-refractivity contribution in [1.82, 2.24) is 9.44 Å². The van der Waals surface area contributed by atoms with Crippen molar-refractivity contribution in [2.75, 3.05) is 26.3 Å². The van der Waals surface area contributed by atoms with Crippen LogP contribution in [0.2, 0.25) is 0 Å². The van der Waals surface area contributed by atoms with Gasteiger partial charge in [-0.05, 0) is 13.3 Å². The van der Waals surface area contributed by atoms with Crippen LogP contribution in [0.1, 0.15) is 26.7 Å². The Morgan fingerprint density at radius 2 is 1.75 bits per heavy atom. The van der Waals surface area contributed by atoms with E-state index in [0.29, 0.717) is 32.7 Å². The molecule has 6 nitrogen and oxygen atoms in total. The third-order valence-electron chi connectivity index (χ3n) is 2.31. The molecule has 1 fully saturated rings. The normalized spacial score (nSPS) is 20.1. The number of hydrogen-bond acceptors (Lipinski definition) is 4. The fraction of sp³-hybridized carbons (Fsp3) is 1.00. The molecule has 0 radical (unpaired) electrons. The first-order valence-electron chi connectivity index (χ1n) is 5.49. The lowest BCUT2D eigenvalue weighted by molar-refractivity contribution is -0.145. The Kier molecular flexibility index (Phi) is 5.13. The first kappa shape index (κ1) is 13.9. The standard InChI is InChI=1S/C9H20N2O4S/c1-3-5-10-16(12,13)11-6-4-9(2)14-7-8-15-9/h10-11H,3-8H2,1-2H3. The smallest absolute Gasteiger partial charge is 0.276 e. The lowest BCUT2D eigenvalue weighted by atomic mass is 10.2. The van der Waals surface area contributed by atoms with Crippen molar-refractivity contribution in [3.05, 3.63) is 0 Å². The van der Waals surface area contributed by atoms with Crippen LogP contribution >= 0.6 is 0 Å². The molecule has 0 spiro atoms. The second-order valence-corrected chi connectivity index (χ2v) is 5.46. The molecule has 7 heteroatoms. The Morgan fingerprint density at radius 3 is 2.31 bits per heavy atom. The molecular weight excluding hydrogens is 232 g/mol. The Balaban J connectivity index is 2.24. The van der Waals surface area contributed by atoms with Gasteiger partial charge in [-0.25, -0.2) is 9.44 Å². The van der Waals surface area contributed by atoms with Gasteiger partial charge in [-0.3, -0.25) is 0 Å². The maximum absolute atomic E-state index is 11.4. The van der Waals surface area contributed by atoms with Crippen molar-refractivity contribution in [3.63, 3.8) is 0 Å². The van der Waals surface area contributed by atoms with Gasteiger partial charge >= 0.3 is 0 Å². The van der Waals surface area contributed by atoms with Gasteiger partial charge in [0, 0.05) is 19.5 Å². The van der Waals surface area contributed by atoms with Gasteiger partial charge in [-0.2, -0.15) is 8.42 Å². The zero-order chi connectivity index (χ0) is 12.1. The van der Waals surface area contributed by atoms with Gasteiger partial charge in [0.1, 0.15) is 0 Å². The van der Waals surface area contributed by atoms with Crippen LogP contribution in [0.25, 0.3) is 0 Å². The van der Waals surface area contributed by atoms with E-state index in [2.05, 4.69) is 9.44 Å². The quantitative estimate of drug-likeness (QED) is 0.667. The van der Waals surface area contributed by atoms with E-state index >= 15 is 0 Å². The lowest BCUT2D eigenvalue weighted by Gasteiger charge is -2.22. The van der Waals surface area contributed by atoms with Gasteiger partial charge in [-0.15, -0.1) is 0 Å². The molecule has 16 heavy (non-hydrogen) atoms. The van der Waals surface area contributed by atoms with Crippen molar-refractivity contribution in [1.29, 1.82) is 0 Å². The van der Waals surface area contributed by atoms with E-state index in [4.69, 9.17) is 9.47 Å². The van der Waals surface area contributed by atoms with Gasteiger partial charge in [0.2, 0.25) is 0 Å². The van der Waals surface area contributed by atoms with E-state index in [0.717, 1.165) is 6.42 Å². The summed E-state index contributed by atoms with van der Waals surface area (Å²) >= 11 is 0. The Labute approximate surface area is 96.9 Å². The summed E-state index contributed by atoms with van der Waals surface area (Å²) in [6.07, 6.45) is 1.27. The fourth-order valence-electron chi connectivity index (χ4n) is 1.40. The highest BCUT2D eigenvalue weighted by molar-refractivity contribution is 7.87. The minimum absolute atomic E-state index is 0.301. The van der Waals surface area contributed by atoms with Gasteiger partial charge in [-0.1, -0.05) is 6.92 Å². The highest BCUT2D eigenvalue weighted by atomic mass is 32.2. The molecular formula is C9H20N2O4S. The minimum Gasteiger partial charge on any atom is -0.348 e. The molecule has 1 aliphatic heterocycles. The number of rotatable bonds is 7. The van der Waals surface area contributed by atoms with E-state index in [1.807, 2.05) is 13.8 Å².